The third-order valence-corrected chi connectivity index (χ3v) is 10.5. The fraction of sp³-hybridized carbons (Fsp3) is 1.00. The van der Waals surface area contributed by atoms with Crippen molar-refractivity contribution in [2.24, 2.45) is 5.41 Å². The van der Waals surface area contributed by atoms with Crippen LogP contribution in [-0.4, -0.2) is 29.6 Å². The molecule has 0 aromatic carbocycles. The standard InChI is InChI=1S/C8H21NSi2/c1-7(2)9-10-5-8(3,4)6-11-9/h7H,5-6,10-11H2,1-4H3. The van der Waals surface area contributed by atoms with Crippen LogP contribution in [-0.2, 0) is 0 Å². The summed E-state index contributed by atoms with van der Waals surface area (Å²) in [5.74, 6) is 0. The van der Waals surface area contributed by atoms with E-state index < -0.39 is 0 Å². The molecule has 1 aliphatic rings. The highest BCUT2D eigenvalue weighted by atomic mass is 28.3. The van der Waals surface area contributed by atoms with Crippen LogP contribution in [0.4, 0.5) is 0 Å². The Morgan fingerprint density at radius 2 is 1.64 bits per heavy atom. The van der Waals surface area contributed by atoms with Crippen LogP contribution in [0.15, 0.2) is 0 Å². The molecule has 0 bridgehead atoms. The fourth-order valence-electron chi connectivity index (χ4n) is 1.65. The van der Waals surface area contributed by atoms with E-state index in [1.54, 1.807) is 0 Å². The lowest BCUT2D eigenvalue weighted by molar-refractivity contribution is 0.413. The molecule has 0 atom stereocenters. The summed E-state index contributed by atoms with van der Waals surface area (Å²) in [7, 11) is 0.332. The van der Waals surface area contributed by atoms with Crippen molar-refractivity contribution >= 4 is 19.4 Å². The zero-order chi connectivity index (χ0) is 8.48. The highest BCUT2D eigenvalue weighted by Gasteiger charge is 2.26. The van der Waals surface area contributed by atoms with Crippen molar-refractivity contribution < 1.29 is 0 Å². The predicted octanol–water partition coefficient (Wildman–Crippen LogP) is 0.741. The number of nitrogens with zero attached hydrogens (tertiary/aromatic N) is 1. The molecule has 0 unspecified atom stereocenters. The Balaban J connectivity index is 2.36. The van der Waals surface area contributed by atoms with Gasteiger partial charge in [-0.3, -0.25) is 0 Å². The zero-order valence-corrected chi connectivity index (χ0v) is 11.2. The molecule has 0 amide bonds. The van der Waals surface area contributed by atoms with Crippen LogP contribution in [0.1, 0.15) is 27.7 Å². The molecule has 1 heterocycles. The summed E-state index contributed by atoms with van der Waals surface area (Å²) < 4.78 is 2.85. The van der Waals surface area contributed by atoms with E-state index in [1.165, 1.54) is 12.1 Å². The van der Waals surface area contributed by atoms with E-state index in [4.69, 9.17) is 0 Å². The predicted molar refractivity (Wildman–Crippen MR) is 57.5 cm³/mol. The average molecular weight is 187 g/mol. The average Bonchev–Trinajstić information content (AvgIpc) is 1.86. The summed E-state index contributed by atoms with van der Waals surface area (Å²) in [6.45, 7) is 9.62. The van der Waals surface area contributed by atoms with E-state index >= 15 is 0 Å². The Morgan fingerprint density at radius 1 is 1.18 bits per heavy atom. The molecule has 1 fully saturated rings. The molecule has 1 aliphatic heterocycles. The smallest absolute Gasteiger partial charge is 0.0878 e. The van der Waals surface area contributed by atoms with Crippen molar-refractivity contribution in [1.29, 1.82) is 0 Å². The molecule has 0 N–H and O–H groups in total. The third-order valence-electron chi connectivity index (χ3n) is 2.88. The van der Waals surface area contributed by atoms with Crippen LogP contribution in [0.2, 0.25) is 12.1 Å². The van der Waals surface area contributed by atoms with Crippen LogP contribution in [0.25, 0.3) is 0 Å². The summed E-state index contributed by atoms with van der Waals surface area (Å²) in [4.78, 5) is 0. The number of hydrogen-bond donors (Lipinski definition) is 0. The van der Waals surface area contributed by atoms with Gasteiger partial charge in [0.25, 0.3) is 0 Å². The Bertz CT molecular complexity index is 124. The maximum absolute atomic E-state index is 2.85. The summed E-state index contributed by atoms with van der Waals surface area (Å²) in [6.07, 6.45) is 0. The minimum absolute atomic E-state index is 0.166. The normalized spacial score (nSPS) is 30.3. The zero-order valence-electron chi connectivity index (χ0n) is 8.35. The van der Waals surface area contributed by atoms with Gasteiger partial charge in [0.15, 0.2) is 0 Å². The Morgan fingerprint density at radius 3 is 2.00 bits per heavy atom. The first-order valence-electron chi connectivity index (χ1n) is 4.75. The van der Waals surface area contributed by atoms with Gasteiger partial charge in [-0.2, -0.15) is 0 Å². The van der Waals surface area contributed by atoms with Gasteiger partial charge in [-0.15, -0.1) is 0 Å². The summed E-state index contributed by atoms with van der Waals surface area (Å²) in [5, 5.41) is 0. The van der Waals surface area contributed by atoms with Gasteiger partial charge in [0.05, 0.1) is 19.4 Å². The quantitative estimate of drug-likeness (QED) is 0.548. The van der Waals surface area contributed by atoms with Gasteiger partial charge < -0.3 is 4.23 Å². The maximum atomic E-state index is 2.85. The molecule has 0 radical (unpaired) electrons. The van der Waals surface area contributed by atoms with Crippen LogP contribution in [0, 0.1) is 5.41 Å². The summed E-state index contributed by atoms with van der Waals surface area (Å²) in [6, 6.07) is 3.94. The molecule has 0 saturated carbocycles. The highest BCUT2D eigenvalue weighted by molar-refractivity contribution is 6.52. The van der Waals surface area contributed by atoms with Crippen molar-refractivity contribution in [3.8, 4) is 0 Å². The van der Waals surface area contributed by atoms with Gasteiger partial charge in [-0.05, 0) is 23.5 Å². The molecular weight excluding hydrogens is 166 g/mol. The molecule has 1 nitrogen and oxygen atoms in total. The molecule has 1 rings (SSSR count). The van der Waals surface area contributed by atoms with E-state index in [0.717, 1.165) is 11.5 Å². The first-order chi connectivity index (χ1) is 5.01. The van der Waals surface area contributed by atoms with Gasteiger partial charge in [0, 0.05) is 0 Å². The van der Waals surface area contributed by atoms with Crippen molar-refractivity contribution in [3.63, 3.8) is 0 Å². The first kappa shape index (κ1) is 9.48. The molecule has 0 aromatic rings. The van der Waals surface area contributed by atoms with Gasteiger partial charge in [0.2, 0.25) is 0 Å². The maximum Gasteiger partial charge on any atom is 0.0878 e. The monoisotopic (exact) mass is 187 g/mol. The Labute approximate surface area is 75.4 Å². The van der Waals surface area contributed by atoms with E-state index in [-0.39, 0.29) is 19.4 Å². The van der Waals surface area contributed by atoms with Gasteiger partial charge in [-0.1, -0.05) is 27.7 Å². The molecule has 66 valence electrons. The second-order valence-electron chi connectivity index (χ2n) is 4.79. The van der Waals surface area contributed by atoms with Crippen molar-refractivity contribution in [2.45, 2.75) is 45.8 Å². The van der Waals surface area contributed by atoms with Gasteiger partial charge in [0.1, 0.15) is 0 Å². The second-order valence-corrected chi connectivity index (χ2v) is 9.21. The lowest BCUT2D eigenvalue weighted by Gasteiger charge is -2.38. The third kappa shape index (κ3) is 2.72. The lowest BCUT2D eigenvalue weighted by atomic mass is 10.00. The SMILES string of the molecule is CC(C)N1[SiH2]CC(C)(C)C[SiH2]1. The van der Waals surface area contributed by atoms with Crippen LogP contribution >= 0.6 is 0 Å². The van der Waals surface area contributed by atoms with E-state index in [0.29, 0.717) is 0 Å². The Kier molecular flexibility index (Phi) is 2.94. The Hall–Kier alpha value is 0.394. The van der Waals surface area contributed by atoms with Crippen LogP contribution in [0.3, 0.4) is 0 Å². The molecule has 0 aliphatic carbocycles. The van der Waals surface area contributed by atoms with Gasteiger partial charge >= 0.3 is 0 Å². The second kappa shape index (κ2) is 3.41. The minimum atomic E-state index is 0.166. The molecule has 11 heavy (non-hydrogen) atoms. The molecule has 3 heteroatoms. The van der Waals surface area contributed by atoms with E-state index in [1.807, 2.05) is 0 Å². The lowest BCUT2D eigenvalue weighted by Crippen LogP contribution is -2.44. The largest absolute Gasteiger partial charge is 0.353 e. The topological polar surface area (TPSA) is 3.24 Å². The van der Waals surface area contributed by atoms with Gasteiger partial charge in [-0.25, -0.2) is 0 Å². The number of hydrogen-bond acceptors (Lipinski definition) is 1. The molecular formula is C8H21NSi2. The molecule has 1 saturated heterocycles. The molecule has 0 aromatic heterocycles. The van der Waals surface area contributed by atoms with Crippen molar-refractivity contribution in [1.82, 2.24) is 4.23 Å². The van der Waals surface area contributed by atoms with Crippen LogP contribution < -0.4 is 0 Å². The van der Waals surface area contributed by atoms with Crippen LogP contribution in [0.5, 0.6) is 0 Å². The van der Waals surface area contributed by atoms with Crippen molar-refractivity contribution in [2.75, 3.05) is 0 Å². The first-order valence-corrected chi connectivity index (χ1v) is 8.02. The molecule has 0 spiro atoms. The summed E-state index contributed by atoms with van der Waals surface area (Å²) in [5.41, 5.74) is 0.726. The van der Waals surface area contributed by atoms with Crippen molar-refractivity contribution in [3.05, 3.63) is 0 Å². The van der Waals surface area contributed by atoms with E-state index in [9.17, 15) is 0 Å². The number of rotatable bonds is 1. The van der Waals surface area contributed by atoms with E-state index in [2.05, 4.69) is 31.9 Å². The minimum Gasteiger partial charge on any atom is -0.353 e. The fourth-order valence-corrected chi connectivity index (χ4v) is 7.31. The summed E-state index contributed by atoms with van der Waals surface area (Å²) >= 11 is 0. The highest BCUT2D eigenvalue weighted by Crippen LogP contribution is 2.30.